The zero-order valence-corrected chi connectivity index (χ0v) is 12.9. The first-order chi connectivity index (χ1) is 9.77. The van der Waals surface area contributed by atoms with Crippen molar-refractivity contribution in [2.24, 2.45) is 0 Å². The first kappa shape index (κ1) is 21.0. The van der Waals surface area contributed by atoms with Gasteiger partial charge in [-0.1, -0.05) is 13.3 Å². The molecular weight excluding hydrogens is 318 g/mol. The van der Waals surface area contributed by atoms with E-state index in [1.165, 1.54) is 0 Å². The predicted octanol–water partition coefficient (Wildman–Crippen LogP) is 0.247. The van der Waals surface area contributed by atoms with Gasteiger partial charge in [-0.3, -0.25) is 4.21 Å². The third kappa shape index (κ3) is 6.00. The van der Waals surface area contributed by atoms with E-state index in [0.717, 1.165) is 18.6 Å². The smallest absolute Gasteiger partial charge is 0.755 e. The van der Waals surface area contributed by atoms with Gasteiger partial charge in [0.1, 0.15) is 0 Å². The van der Waals surface area contributed by atoms with Crippen molar-refractivity contribution in [3.8, 4) is 0 Å². The molecule has 0 fully saturated rings. The summed E-state index contributed by atoms with van der Waals surface area (Å²) in [7, 11) is 0. The molecule has 0 aliphatic carbocycles. The molecule has 1 amide bonds. The minimum atomic E-state index is -4.54. The molecule has 0 N–H and O–H groups in total. The Bertz CT molecular complexity index is 510. The summed E-state index contributed by atoms with van der Waals surface area (Å²) < 4.78 is 64.4. The van der Waals surface area contributed by atoms with Gasteiger partial charge >= 0.3 is 31.1 Å². The summed E-state index contributed by atoms with van der Waals surface area (Å²) in [6.45, 7) is 1.89. The normalized spacial score (nSPS) is 12.2. The summed E-state index contributed by atoms with van der Waals surface area (Å²) in [6.07, 6.45) is -4.40. The molecule has 22 heavy (non-hydrogen) atoms. The summed E-state index contributed by atoms with van der Waals surface area (Å²) in [5.74, 6) is 0. The van der Waals surface area contributed by atoms with Crippen LogP contribution in [0.15, 0.2) is 24.3 Å². The molecule has 0 spiro atoms. The first-order valence-electron chi connectivity index (χ1n) is 6.01. The molecule has 5 nitrogen and oxygen atoms in total. The standard InChI is InChI=1S/C12H14F3NO4S.Li/c1-2-3-8-20-11(17)16(21(18)19)10-6-4-9(5-7-10)12(13,14)15;/h4-7H,2-3,8H2,1H3,(H,18,19);/q;+1/p-1. The van der Waals surface area contributed by atoms with Crippen LogP contribution in [0, 0.1) is 0 Å². The molecule has 1 unspecified atom stereocenters. The van der Waals surface area contributed by atoms with Crippen LogP contribution in [0.3, 0.4) is 0 Å². The molecule has 0 radical (unpaired) electrons. The van der Waals surface area contributed by atoms with Gasteiger partial charge in [0.15, 0.2) is 0 Å². The molecule has 0 bridgehead atoms. The van der Waals surface area contributed by atoms with Crippen molar-refractivity contribution in [3.05, 3.63) is 29.8 Å². The van der Waals surface area contributed by atoms with Crippen LogP contribution in [0.1, 0.15) is 25.3 Å². The van der Waals surface area contributed by atoms with Crippen molar-refractivity contribution in [3.63, 3.8) is 0 Å². The van der Waals surface area contributed by atoms with Crippen LogP contribution in [0.25, 0.3) is 0 Å². The Hall–Kier alpha value is -1.01. The van der Waals surface area contributed by atoms with Crippen molar-refractivity contribution in [2.45, 2.75) is 25.9 Å². The monoisotopic (exact) mass is 331 g/mol. The molecule has 0 aromatic heterocycles. The second kappa shape index (κ2) is 9.20. The number of amides is 1. The van der Waals surface area contributed by atoms with E-state index < -0.39 is 29.1 Å². The maximum absolute atomic E-state index is 12.4. The topological polar surface area (TPSA) is 69.7 Å². The second-order valence-corrected chi connectivity index (χ2v) is 4.82. The van der Waals surface area contributed by atoms with E-state index in [4.69, 9.17) is 4.74 Å². The molecular formula is C12H13F3LiNO4S. The van der Waals surface area contributed by atoms with Gasteiger partial charge in [0.05, 0.1) is 29.1 Å². The third-order valence-electron chi connectivity index (χ3n) is 2.47. The number of rotatable bonds is 5. The van der Waals surface area contributed by atoms with Crippen LogP contribution in [0.5, 0.6) is 0 Å². The van der Waals surface area contributed by atoms with Gasteiger partial charge in [0.2, 0.25) is 0 Å². The molecule has 0 heterocycles. The Morgan fingerprint density at radius 1 is 1.32 bits per heavy atom. The Morgan fingerprint density at radius 2 is 1.86 bits per heavy atom. The van der Waals surface area contributed by atoms with Crippen LogP contribution in [-0.4, -0.2) is 21.5 Å². The zero-order chi connectivity index (χ0) is 16.0. The average Bonchev–Trinajstić information content (AvgIpc) is 2.38. The molecule has 1 aromatic carbocycles. The van der Waals surface area contributed by atoms with Gasteiger partial charge in [0.25, 0.3) is 0 Å². The maximum Gasteiger partial charge on any atom is 1.00 e. The fourth-order valence-corrected chi connectivity index (χ4v) is 1.87. The van der Waals surface area contributed by atoms with Crippen molar-refractivity contribution >= 4 is 23.0 Å². The number of hydrogen-bond acceptors (Lipinski definition) is 4. The third-order valence-corrected chi connectivity index (χ3v) is 3.13. The minimum Gasteiger partial charge on any atom is -0.755 e. The Labute approximate surface area is 140 Å². The van der Waals surface area contributed by atoms with Gasteiger partial charge in [-0.25, -0.2) is 9.10 Å². The fourth-order valence-electron chi connectivity index (χ4n) is 1.40. The van der Waals surface area contributed by atoms with E-state index in [-0.39, 0.29) is 35.5 Å². The number of benzene rings is 1. The van der Waals surface area contributed by atoms with Crippen LogP contribution in [0.2, 0.25) is 0 Å². The summed E-state index contributed by atoms with van der Waals surface area (Å²) in [5, 5.41) is 0. The van der Waals surface area contributed by atoms with Crippen molar-refractivity contribution in [1.82, 2.24) is 0 Å². The summed E-state index contributed by atoms with van der Waals surface area (Å²) in [6, 6.07) is 3.16. The van der Waals surface area contributed by atoms with Gasteiger partial charge in [0, 0.05) is 0 Å². The van der Waals surface area contributed by atoms with E-state index in [2.05, 4.69) is 0 Å². The molecule has 0 saturated carbocycles. The number of hydrogen-bond donors (Lipinski definition) is 0. The maximum atomic E-state index is 12.4. The second-order valence-electron chi connectivity index (χ2n) is 4.02. The average molecular weight is 331 g/mol. The van der Waals surface area contributed by atoms with Gasteiger partial charge in [-0.15, -0.1) is 0 Å². The molecule has 1 aromatic rings. The number of alkyl halides is 3. The summed E-state index contributed by atoms with van der Waals surface area (Å²) in [4.78, 5) is 11.6. The summed E-state index contributed by atoms with van der Waals surface area (Å²) in [5.41, 5.74) is -1.17. The van der Waals surface area contributed by atoms with Gasteiger partial charge in [-0.2, -0.15) is 13.2 Å². The number of carbonyl (C=O) groups is 1. The van der Waals surface area contributed by atoms with Crippen LogP contribution < -0.4 is 23.2 Å². The largest absolute Gasteiger partial charge is 1.00 e. The van der Waals surface area contributed by atoms with Gasteiger partial charge < -0.3 is 9.29 Å². The number of halogens is 3. The van der Waals surface area contributed by atoms with E-state index in [1.54, 1.807) is 0 Å². The van der Waals surface area contributed by atoms with E-state index in [0.29, 0.717) is 18.6 Å². The first-order valence-corrected chi connectivity index (χ1v) is 7.04. The Morgan fingerprint density at radius 3 is 2.27 bits per heavy atom. The fraction of sp³-hybridized carbons (Fsp3) is 0.417. The quantitative estimate of drug-likeness (QED) is 0.440. The molecule has 1 atom stereocenters. The number of ether oxygens (including phenoxy) is 1. The SMILES string of the molecule is CCCCOC(=O)N(c1ccc(C(F)(F)F)cc1)S(=O)[O-].[Li+]. The predicted molar refractivity (Wildman–Crippen MR) is 69.1 cm³/mol. The van der Waals surface area contributed by atoms with E-state index in [1.807, 2.05) is 6.92 Å². The summed E-state index contributed by atoms with van der Waals surface area (Å²) >= 11 is -2.99. The number of nitrogens with zero attached hydrogens (tertiary/aromatic N) is 1. The van der Waals surface area contributed by atoms with Crippen molar-refractivity contribution in [1.29, 1.82) is 0 Å². The number of unbranched alkanes of at least 4 members (excludes halogenated alkanes) is 1. The van der Waals surface area contributed by atoms with E-state index in [9.17, 15) is 26.7 Å². The Kier molecular flexibility index (Phi) is 8.78. The number of anilines is 1. The zero-order valence-electron chi connectivity index (χ0n) is 12.1. The molecule has 1 rings (SSSR count). The Balaban J connectivity index is 0.00000441. The molecule has 0 aliphatic heterocycles. The van der Waals surface area contributed by atoms with Crippen molar-refractivity contribution < 1.29 is 50.3 Å². The van der Waals surface area contributed by atoms with Crippen molar-refractivity contribution in [2.75, 3.05) is 10.9 Å². The number of carbonyl (C=O) groups excluding carboxylic acids is 1. The molecule has 0 saturated heterocycles. The van der Waals surface area contributed by atoms with Crippen LogP contribution in [-0.2, 0) is 22.2 Å². The van der Waals surface area contributed by atoms with E-state index >= 15 is 0 Å². The molecule has 0 aliphatic rings. The van der Waals surface area contributed by atoms with Crippen LogP contribution >= 0.6 is 0 Å². The van der Waals surface area contributed by atoms with Crippen LogP contribution in [0.4, 0.5) is 23.7 Å². The minimum absolute atomic E-state index is 0. The molecule has 10 heteroatoms. The molecule has 118 valence electrons. The van der Waals surface area contributed by atoms with Gasteiger partial charge in [-0.05, 0) is 30.7 Å².